The fraction of sp³-hybridized carbons (Fsp3) is 0.273. The lowest BCUT2D eigenvalue weighted by Gasteiger charge is -1.98. The highest BCUT2D eigenvalue weighted by atomic mass is 35.5. The number of ether oxygens (including phenoxy) is 1. The topological polar surface area (TPSA) is 38.7 Å². The molecule has 0 saturated heterocycles. The second-order valence-electron chi connectivity index (χ2n) is 3.18. The summed E-state index contributed by atoms with van der Waals surface area (Å²) in [4.78, 5) is 15.4. The number of carbonyl (C=O) groups excluding carboxylic acids is 1. The van der Waals surface area contributed by atoms with Gasteiger partial charge in [-0.1, -0.05) is 23.7 Å². The van der Waals surface area contributed by atoms with Crippen LogP contribution in [0.2, 0.25) is 5.02 Å². The van der Waals surface area contributed by atoms with E-state index in [0.29, 0.717) is 11.6 Å². The highest BCUT2D eigenvalue weighted by Crippen LogP contribution is 2.22. The van der Waals surface area contributed by atoms with Gasteiger partial charge in [-0.2, -0.15) is 0 Å². The molecule has 1 aromatic rings. The maximum atomic E-state index is 11.3. The van der Waals surface area contributed by atoms with E-state index in [4.69, 9.17) is 16.3 Å². The first-order chi connectivity index (χ1) is 7.22. The Labute approximate surface area is 92.7 Å². The van der Waals surface area contributed by atoms with Gasteiger partial charge in [-0.05, 0) is 24.6 Å². The monoisotopic (exact) mass is 223 g/mol. The van der Waals surface area contributed by atoms with Gasteiger partial charge in [-0.15, -0.1) is 0 Å². The average Bonchev–Trinajstić information content (AvgIpc) is 2.99. The van der Waals surface area contributed by atoms with Gasteiger partial charge in [0.05, 0.1) is 12.3 Å². The molecule has 78 valence electrons. The van der Waals surface area contributed by atoms with Gasteiger partial charge in [0.15, 0.2) is 6.04 Å². The molecular formula is C11H10ClNO2. The third-order valence-corrected chi connectivity index (χ3v) is 2.36. The highest BCUT2D eigenvalue weighted by Gasteiger charge is 2.37. The Balaban J connectivity index is 2.01. The third-order valence-electron chi connectivity index (χ3n) is 2.11. The van der Waals surface area contributed by atoms with Crippen molar-refractivity contribution in [2.75, 3.05) is 6.61 Å². The Bertz CT molecular complexity index is 411. The van der Waals surface area contributed by atoms with E-state index in [0.717, 1.165) is 11.3 Å². The van der Waals surface area contributed by atoms with E-state index >= 15 is 0 Å². The van der Waals surface area contributed by atoms with Crippen LogP contribution in [0.4, 0.5) is 0 Å². The maximum absolute atomic E-state index is 11.3. The van der Waals surface area contributed by atoms with E-state index in [9.17, 15) is 4.79 Å². The Morgan fingerprint density at radius 1 is 1.47 bits per heavy atom. The molecule has 0 aromatic heterocycles. The Kier molecular flexibility index (Phi) is 2.73. The zero-order valence-electron chi connectivity index (χ0n) is 8.24. The molecule has 0 radical (unpaired) electrons. The van der Waals surface area contributed by atoms with Crippen LogP contribution in [-0.2, 0) is 9.53 Å². The average molecular weight is 224 g/mol. The molecule has 0 N–H and O–H groups in total. The lowest BCUT2D eigenvalue weighted by atomic mass is 10.1. The summed E-state index contributed by atoms with van der Waals surface area (Å²) in [6.07, 6.45) is 0. The summed E-state index contributed by atoms with van der Waals surface area (Å²) in [5.41, 5.74) is 1.71. The van der Waals surface area contributed by atoms with E-state index in [-0.39, 0.29) is 5.97 Å². The predicted molar refractivity (Wildman–Crippen MR) is 58.4 cm³/mol. The summed E-state index contributed by atoms with van der Waals surface area (Å²) in [7, 11) is 0. The molecule has 3 nitrogen and oxygen atoms in total. The van der Waals surface area contributed by atoms with Crippen LogP contribution < -0.4 is 0 Å². The fourth-order valence-electron chi connectivity index (χ4n) is 1.34. The standard InChI is InChI=1S/C11H10ClNO2/c1-2-15-11(14)10-9(13-10)7-3-5-8(12)6-4-7/h3-6,10H,2H2,1H3. The molecule has 0 spiro atoms. The van der Waals surface area contributed by atoms with Gasteiger partial charge in [-0.25, -0.2) is 4.79 Å². The van der Waals surface area contributed by atoms with E-state index < -0.39 is 6.04 Å². The predicted octanol–water partition coefficient (Wildman–Crippen LogP) is 2.07. The summed E-state index contributed by atoms with van der Waals surface area (Å²) in [5.74, 6) is -0.276. The van der Waals surface area contributed by atoms with E-state index in [1.54, 1.807) is 19.1 Å². The zero-order valence-corrected chi connectivity index (χ0v) is 8.99. The molecule has 1 aliphatic rings. The molecule has 1 heterocycles. The lowest BCUT2D eigenvalue weighted by molar-refractivity contribution is -0.142. The lowest BCUT2D eigenvalue weighted by Crippen LogP contribution is -2.16. The highest BCUT2D eigenvalue weighted by molar-refractivity contribution is 6.31. The Morgan fingerprint density at radius 2 is 2.13 bits per heavy atom. The van der Waals surface area contributed by atoms with Crippen LogP contribution in [0.15, 0.2) is 29.3 Å². The van der Waals surface area contributed by atoms with Crippen molar-refractivity contribution in [2.24, 2.45) is 4.99 Å². The number of aliphatic imine (C=N–C) groups is 1. The number of hydrogen-bond acceptors (Lipinski definition) is 3. The van der Waals surface area contributed by atoms with Crippen LogP contribution in [0.1, 0.15) is 12.5 Å². The molecule has 0 fully saturated rings. The van der Waals surface area contributed by atoms with Gasteiger partial charge in [0.2, 0.25) is 0 Å². The summed E-state index contributed by atoms with van der Waals surface area (Å²) in [6.45, 7) is 2.17. The number of rotatable bonds is 3. The van der Waals surface area contributed by atoms with Crippen LogP contribution in [0.25, 0.3) is 0 Å². The molecular weight excluding hydrogens is 214 g/mol. The van der Waals surface area contributed by atoms with Crippen LogP contribution in [-0.4, -0.2) is 24.3 Å². The molecule has 4 heteroatoms. The summed E-state index contributed by atoms with van der Waals surface area (Å²) >= 11 is 5.75. The molecule has 1 aromatic carbocycles. The van der Waals surface area contributed by atoms with Gasteiger partial charge >= 0.3 is 5.97 Å². The second-order valence-corrected chi connectivity index (χ2v) is 3.61. The van der Waals surface area contributed by atoms with Crippen molar-refractivity contribution in [1.29, 1.82) is 0 Å². The zero-order chi connectivity index (χ0) is 10.8. The van der Waals surface area contributed by atoms with Crippen molar-refractivity contribution in [2.45, 2.75) is 13.0 Å². The van der Waals surface area contributed by atoms with Crippen LogP contribution >= 0.6 is 11.6 Å². The SMILES string of the molecule is CCOC(=O)C1N=C1c1ccc(Cl)cc1. The second kappa shape index (κ2) is 4.03. The van der Waals surface area contributed by atoms with Crippen molar-refractivity contribution in [3.05, 3.63) is 34.9 Å². The van der Waals surface area contributed by atoms with Crippen molar-refractivity contribution < 1.29 is 9.53 Å². The molecule has 0 saturated carbocycles. The molecule has 0 aliphatic carbocycles. The minimum atomic E-state index is -0.397. The molecule has 0 bridgehead atoms. The maximum Gasteiger partial charge on any atom is 0.337 e. The Morgan fingerprint density at radius 3 is 2.73 bits per heavy atom. The quantitative estimate of drug-likeness (QED) is 0.736. The third kappa shape index (κ3) is 2.18. The molecule has 1 aliphatic heterocycles. The van der Waals surface area contributed by atoms with Gasteiger partial charge in [0.25, 0.3) is 0 Å². The minimum Gasteiger partial charge on any atom is -0.464 e. The number of hydrogen-bond donors (Lipinski definition) is 0. The van der Waals surface area contributed by atoms with E-state index in [1.807, 2.05) is 12.1 Å². The van der Waals surface area contributed by atoms with Crippen LogP contribution in [0, 0.1) is 0 Å². The summed E-state index contributed by atoms with van der Waals surface area (Å²) in [5, 5.41) is 0.674. The molecule has 1 atom stereocenters. The minimum absolute atomic E-state index is 0.276. The number of carbonyl (C=O) groups is 1. The first kappa shape index (κ1) is 10.2. The smallest absolute Gasteiger partial charge is 0.337 e. The number of benzene rings is 1. The molecule has 1 unspecified atom stereocenters. The van der Waals surface area contributed by atoms with Crippen molar-refractivity contribution in [1.82, 2.24) is 0 Å². The number of nitrogens with zero attached hydrogens (tertiary/aromatic N) is 1. The summed E-state index contributed by atoms with van der Waals surface area (Å²) in [6, 6.07) is 6.85. The van der Waals surface area contributed by atoms with Gasteiger partial charge in [0.1, 0.15) is 0 Å². The normalized spacial score (nSPS) is 18.3. The molecule has 2 rings (SSSR count). The number of halogens is 1. The summed E-state index contributed by atoms with van der Waals surface area (Å²) < 4.78 is 4.86. The van der Waals surface area contributed by atoms with Gasteiger partial charge in [-0.3, -0.25) is 4.99 Å². The van der Waals surface area contributed by atoms with Crippen molar-refractivity contribution in [3.8, 4) is 0 Å². The molecule has 15 heavy (non-hydrogen) atoms. The first-order valence-electron chi connectivity index (χ1n) is 4.72. The van der Waals surface area contributed by atoms with E-state index in [1.165, 1.54) is 0 Å². The fourth-order valence-corrected chi connectivity index (χ4v) is 1.47. The van der Waals surface area contributed by atoms with E-state index in [2.05, 4.69) is 4.99 Å². The van der Waals surface area contributed by atoms with Crippen LogP contribution in [0.3, 0.4) is 0 Å². The van der Waals surface area contributed by atoms with Gasteiger partial charge in [0, 0.05) is 5.02 Å². The van der Waals surface area contributed by atoms with Crippen molar-refractivity contribution >= 4 is 23.3 Å². The largest absolute Gasteiger partial charge is 0.464 e. The first-order valence-corrected chi connectivity index (χ1v) is 5.10. The van der Waals surface area contributed by atoms with Crippen molar-refractivity contribution in [3.63, 3.8) is 0 Å². The number of esters is 1. The molecule has 0 amide bonds. The van der Waals surface area contributed by atoms with Crippen LogP contribution in [0.5, 0.6) is 0 Å². The van der Waals surface area contributed by atoms with Gasteiger partial charge < -0.3 is 4.74 Å². The Hall–Kier alpha value is -1.35.